The largest absolute Gasteiger partial charge is 0.444 e. The van der Waals surface area contributed by atoms with Crippen LogP contribution < -0.4 is 11.1 Å². The van der Waals surface area contributed by atoms with E-state index >= 15 is 0 Å². The molecular formula is C11H14N4O. The minimum absolute atomic E-state index is 0.491. The summed E-state index contributed by atoms with van der Waals surface area (Å²) >= 11 is 0. The molecule has 0 atom stereocenters. The molecule has 16 heavy (non-hydrogen) atoms. The molecule has 84 valence electrons. The van der Waals surface area contributed by atoms with E-state index in [4.69, 9.17) is 10.2 Å². The van der Waals surface area contributed by atoms with Gasteiger partial charge in [-0.25, -0.2) is 9.97 Å². The van der Waals surface area contributed by atoms with Gasteiger partial charge >= 0.3 is 0 Å². The van der Waals surface area contributed by atoms with Crippen LogP contribution in [0.1, 0.15) is 17.3 Å². The predicted molar refractivity (Wildman–Crippen MR) is 62.0 cm³/mol. The summed E-state index contributed by atoms with van der Waals surface area (Å²) in [4.78, 5) is 8.37. The summed E-state index contributed by atoms with van der Waals surface area (Å²) < 4.78 is 5.43. The van der Waals surface area contributed by atoms with Gasteiger partial charge in [0.05, 0.1) is 12.2 Å². The van der Waals surface area contributed by atoms with Crippen LogP contribution in [0, 0.1) is 13.8 Å². The molecule has 5 heteroatoms. The van der Waals surface area contributed by atoms with Crippen molar-refractivity contribution < 1.29 is 4.42 Å². The smallest absolute Gasteiger partial charge is 0.213 e. The van der Waals surface area contributed by atoms with E-state index in [2.05, 4.69) is 15.3 Å². The lowest BCUT2D eigenvalue weighted by atomic mass is 10.4. The van der Waals surface area contributed by atoms with E-state index < -0.39 is 0 Å². The Kier molecular flexibility index (Phi) is 2.76. The topological polar surface area (TPSA) is 77.0 Å². The third kappa shape index (κ3) is 2.31. The summed E-state index contributed by atoms with van der Waals surface area (Å²) in [6.45, 7) is 4.32. The molecule has 0 spiro atoms. The molecule has 0 aromatic carbocycles. The van der Waals surface area contributed by atoms with Gasteiger partial charge in [-0.3, -0.25) is 0 Å². The second-order valence-electron chi connectivity index (χ2n) is 3.55. The lowest BCUT2D eigenvalue weighted by Gasteiger charge is -2.02. The van der Waals surface area contributed by atoms with E-state index in [9.17, 15) is 0 Å². The molecular weight excluding hydrogens is 204 g/mol. The SMILES string of the molecule is Cc1nc(CNc2cccc(N)n2)oc1C. The van der Waals surface area contributed by atoms with Gasteiger partial charge in [0.2, 0.25) is 5.89 Å². The summed E-state index contributed by atoms with van der Waals surface area (Å²) in [5, 5.41) is 3.09. The van der Waals surface area contributed by atoms with Crippen LogP contribution >= 0.6 is 0 Å². The van der Waals surface area contributed by atoms with Gasteiger partial charge in [-0.1, -0.05) is 6.07 Å². The highest BCUT2D eigenvalue weighted by atomic mass is 16.4. The van der Waals surface area contributed by atoms with Crippen molar-refractivity contribution in [3.05, 3.63) is 35.5 Å². The maximum Gasteiger partial charge on any atom is 0.213 e. The van der Waals surface area contributed by atoms with Crippen molar-refractivity contribution in [2.75, 3.05) is 11.1 Å². The van der Waals surface area contributed by atoms with Crippen LogP contribution in [0.2, 0.25) is 0 Å². The number of nitrogen functional groups attached to an aromatic ring is 1. The first kappa shape index (κ1) is 10.5. The van der Waals surface area contributed by atoms with Crippen molar-refractivity contribution in [3.8, 4) is 0 Å². The first-order chi connectivity index (χ1) is 7.65. The van der Waals surface area contributed by atoms with E-state index in [0.717, 1.165) is 11.5 Å². The molecule has 2 heterocycles. The number of nitrogens with two attached hydrogens (primary N) is 1. The first-order valence-corrected chi connectivity index (χ1v) is 5.04. The number of oxazole rings is 1. The van der Waals surface area contributed by atoms with Crippen molar-refractivity contribution in [1.29, 1.82) is 0 Å². The molecule has 0 amide bonds. The number of nitrogens with zero attached hydrogens (tertiary/aromatic N) is 2. The molecule has 3 N–H and O–H groups in total. The molecule has 2 rings (SSSR count). The molecule has 0 unspecified atom stereocenters. The van der Waals surface area contributed by atoms with Crippen molar-refractivity contribution in [2.24, 2.45) is 0 Å². The monoisotopic (exact) mass is 218 g/mol. The van der Waals surface area contributed by atoms with Crippen LogP contribution in [0.3, 0.4) is 0 Å². The highest BCUT2D eigenvalue weighted by Gasteiger charge is 2.05. The molecule has 0 bridgehead atoms. The minimum atomic E-state index is 0.491. The standard InChI is InChI=1S/C11H14N4O/c1-7-8(2)16-11(14-7)6-13-10-5-3-4-9(12)15-10/h3-5H,6H2,1-2H3,(H3,12,13,15). The highest BCUT2D eigenvalue weighted by molar-refractivity contribution is 5.42. The molecule has 0 fully saturated rings. The van der Waals surface area contributed by atoms with E-state index in [1.165, 1.54) is 0 Å². The fourth-order valence-corrected chi connectivity index (χ4v) is 1.33. The number of anilines is 2. The Labute approximate surface area is 93.7 Å². The van der Waals surface area contributed by atoms with Crippen LogP contribution in [0.4, 0.5) is 11.6 Å². The van der Waals surface area contributed by atoms with Crippen LogP contribution in [-0.2, 0) is 6.54 Å². The van der Waals surface area contributed by atoms with Crippen molar-refractivity contribution >= 4 is 11.6 Å². The number of pyridine rings is 1. The van der Waals surface area contributed by atoms with Crippen molar-refractivity contribution in [2.45, 2.75) is 20.4 Å². The van der Waals surface area contributed by atoms with Crippen molar-refractivity contribution in [3.63, 3.8) is 0 Å². The van der Waals surface area contributed by atoms with Crippen molar-refractivity contribution in [1.82, 2.24) is 9.97 Å². The number of nitrogens with one attached hydrogen (secondary N) is 1. The van der Waals surface area contributed by atoms with Crippen LogP contribution in [0.15, 0.2) is 22.6 Å². The van der Waals surface area contributed by atoms with E-state index in [-0.39, 0.29) is 0 Å². The van der Waals surface area contributed by atoms with Crippen LogP contribution in [0.5, 0.6) is 0 Å². The first-order valence-electron chi connectivity index (χ1n) is 5.04. The molecule has 0 aliphatic carbocycles. The summed E-state index contributed by atoms with van der Waals surface area (Å²) in [6, 6.07) is 5.43. The number of hydrogen-bond donors (Lipinski definition) is 2. The number of rotatable bonds is 3. The summed E-state index contributed by atoms with van der Waals surface area (Å²) in [5.41, 5.74) is 6.48. The van der Waals surface area contributed by atoms with Gasteiger partial charge in [-0.2, -0.15) is 0 Å². The summed E-state index contributed by atoms with van der Waals surface area (Å²) in [5.74, 6) is 2.70. The number of aromatic nitrogens is 2. The molecule has 0 radical (unpaired) electrons. The predicted octanol–water partition coefficient (Wildman–Crippen LogP) is 1.88. The summed E-state index contributed by atoms with van der Waals surface area (Å²) in [6.07, 6.45) is 0. The second kappa shape index (κ2) is 4.22. The highest BCUT2D eigenvalue weighted by Crippen LogP contribution is 2.11. The zero-order chi connectivity index (χ0) is 11.5. The van der Waals surface area contributed by atoms with E-state index in [1.54, 1.807) is 6.07 Å². The Morgan fingerprint density at radius 3 is 2.75 bits per heavy atom. The van der Waals surface area contributed by atoms with Gasteiger partial charge in [-0.05, 0) is 26.0 Å². The van der Waals surface area contributed by atoms with Gasteiger partial charge < -0.3 is 15.5 Å². The van der Waals surface area contributed by atoms with Crippen LogP contribution in [0.25, 0.3) is 0 Å². The van der Waals surface area contributed by atoms with E-state index in [1.807, 2.05) is 26.0 Å². The Hall–Kier alpha value is -2.04. The number of aryl methyl sites for hydroxylation is 2. The average Bonchev–Trinajstić information content (AvgIpc) is 2.56. The lowest BCUT2D eigenvalue weighted by molar-refractivity contribution is 0.478. The normalized spacial score (nSPS) is 10.4. The maximum atomic E-state index is 5.57. The lowest BCUT2D eigenvalue weighted by Crippen LogP contribution is -2.02. The zero-order valence-corrected chi connectivity index (χ0v) is 9.32. The van der Waals surface area contributed by atoms with Gasteiger partial charge in [0.1, 0.15) is 17.4 Å². The molecule has 0 aliphatic heterocycles. The fourth-order valence-electron chi connectivity index (χ4n) is 1.33. The summed E-state index contributed by atoms with van der Waals surface area (Å²) in [7, 11) is 0. The molecule has 0 saturated carbocycles. The van der Waals surface area contributed by atoms with Gasteiger partial charge in [-0.15, -0.1) is 0 Å². The zero-order valence-electron chi connectivity index (χ0n) is 9.32. The Morgan fingerprint density at radius 1 is 1.31 bits per heavy atom. The maximum absolute atomic E-state index is 5.57. The van der Waals surface area contributed by atoms with Gasteiger partial charge in [0.25, 0.3) is 0 Å². The Balaban J connectivity index is 2.02. The molecule has 2 aromatic heterocycles. The quantitative estimate of drug-likeness (QED) is 0.822. The van der Waals surface area contributed by atoms with Gasteiger partial charge in [0, 0.05) is 0 Å². The average molecular weight is 218 g/mol. The molecule has 0 aliphatic rings. The number of hydrogen-bond acceptors (Lipinski definition) is 5. The Morgan fingerprint density at radius 2 is 2.12 bits per heavy atom. The molecule has 2 aromatic rings. The third-order valence-corrected chi connectivity index (χ3v) is 2.26. The Bertz CT molecular complexity index is 473. The fraction of sp³-hybridized carbons (Fsp3) is 0.273. The minimum Gasteiger partial charge on any atom is -0.444 e. The van der Waals surface area contributed by atoms with Gasteiger partial charge in [0.15, 0.2) is 0 Å². The third-order valence-electron chi connectivity index (χ3n) is 2.26. The van der Waals surface area contributed by atoms with Crippen LogP contribution in [-0.4, -0.2) is 9.97 Å². The second-order valence-corrected chi connectivity index (χ2v) is 3.55. The molecule has 5 nitrogen and oxygen atoms in total. The molecule has 0 saturated heterocycles. The van der Waals surface area contributed by atoms with E-state index in [0.29, 0.717) is 24.1 Å².